The smallest absolute Gasteiger partial charge is 0.413 e. The van der Waals surface area contributed by atoms with Crippen LogP contribution in [0.1, 0.15) is 64.4 Å². The number of alkyl carbamates (subject to hydrolysis) is 1. The predicted octanol–water partition coefficient (Wildman–Crippen LogP) is 7.63. The summed E-state index contributed by atoms with van der Waals surface area (Å²) in [6.07, 6.45) is 13.7. The Balaban J connectivity index is 0.000000269. The Morgan fingerprint density at radius 3 is 1.71 bits per heavy atom. The van der Waals surface area contributed by atoms with E-state index in [2.05, 4.69) is 76.6 Å². The van der Waals surface area contributed by atoms with Crippen LogP contribution in [0.3, 0.4) is 0 Å². The fourth-order valence-electron chi connectivity index (χ4n) is 6.77. The van der Waals surface area contributed by atoms with E-state index in [-0.39, 0.29) is 33.2 Å². The lowest BCUT2D eigenvalue weighted by Gasteiger charge is -2.15. The highest BCUT2D eigenvalue weighted by Crippen LogP contribution is 2.44. The molecule has 4 atom stereocenters. The molecule has 4 heterocycles. The topological polar surface area (TPSA) is 149 Å². The van der Waals surface area contributed by atoms with Crippen LogP contribution in [0.4, 0.5) is 4.79 Å². The van der Waals surface area contributed by atoms with Crippen LogP contribution >= 0.6 is 47.6 Å². The average molecular weight is 850 g/mol. The molecule has 7 rings (SSSR count). The van der Waals surface area contributed by atoms with E-state index in [1.54, 1.807) is 24.5 Å². The Morgan fingerprint density at radius 1 is 0.818 bits per heavy atom. The zero-order valence-corrected chi connectivity index (χ0v) is 34.2. The molecule has 55 heavy (non-hydrogen) atoms. The molecule has 4 radical (unpaired) electrons. The van der Waals surface area contributed by atoms with Gasteiger partial charge in [0.05, 0.1) is 30.0 Å². The summed E-state index contributed by atoms with van der Waals surface area (Å²) in [4.78, 5) is 20.6. The van der Waals surface area contributed by atoms with Gasteiger partial charge in [0.15, 0.2) is 5.11 Å². The highest BCUT2D eigenvalue weighted by Gasteiger charge is 2.33. The third kappa shape index (κ3) is 10.9. The van der Waals surface area contributed by atoms with Crippen LogP contribution in [0.25, 0.3) is 11.1 Å². The number of nitrogens with zero attached hydrogens (tertiary/aromatic N) is 4. The second kappa shape index (κ2) is 20.4. The molecule has 0 saturated carbocycles. The number of nitrogens with one attached hydrogen (secondary N) is 1. The fraction of sp³-hybridized carbons (Fsp3) is 0.270. The maximum atomic E-state index is 13.5. The van der Waals surface area contributed by atoms with Crippen molar-refractivity contribution in [1.29, 1.82) is 0 Å². The first kappa shape index (κ1) is 43.9. The number of hydrogen-bond donors (Lipinski definition) is 2. The first-order chi connectivity index (χ1) is 26.5. The predicted molar refractivity (Wildman–Crippen MR) is 232 cm³/mol. The van der Waals surface area contributed by atoms with Gasteiger partial charge in [-0.2, -0.15) is 8.73 Å². The van der Waals surface area contributed by atoms with Gasteiger partial charge in [-0.05, 0) is 95.6 Å². The van der Waals surface area contributed by atoms with Gasteiger partial charge in [0.1, 0.15) is 16.9 Å². The van der Waals surface area contributed by atoms with E-state index < -0.39 is 25.6 Å². The largest absolute Gasteiger partial charge is 0.448 e. The molecule has 282 valence electrons. The van der Waals surface area contributed by atoms with Crippen molar-refractivity contribution in [1.82, 2.24) is 15.3 Å². The number of fused-ring (bicyclic) bond motifs is 3. The second-order valence-corrected chi connectivity index (χ2v) is 18.8. The van der Waals surface area contributed by atoms with E-state index >= 15 is 0 Å². The van der Waals surface area contributed by atoms with Crippen LogP contribution in [0.5, 0.6) is 0 Å². The van der Waals surface area contributed by atoms with Gasteiger partial charge < -0.3 is 10.5 Å². The lowest BCUT2D eigenvalue weighted by atomic mass is 9.81. The summed E-state index contributed by atoms with van der Waals surface area (Å²) in [7, 11) is 2.93. The normalized spacial score (nSPS) is 21.7. The van der Waals surface area contributed by atoms with Crippen molar-refractivity contribution in [3.8, 4) is 24.0 Å². The number of nitrogens with two attached hydrogens (primary N) is 1. The first-order valence-electron chi connectivity index (χ1n) is 16.8. The zero-order chi connectivity index (χ0) is 40.2. The number of pyridine rings is 2. The molecular formula is C37H36B2Cl2N6O4S4. The Bertz CT molecular complexity index is 2240. The van der Waals surface area contributed by atoms with Gasteiger partial charge in [0, 0.05) is 45.3 Å². The molecule has 2 aromatic carbocycles. The number of carbonyl (C=O) groups is 1. The van der Waals surface area contributed by atoms with Crippen LogP contribution in [-0.2, 0) is 24.2 Å². The first-order valence-corrected chi connectivity index (χ1v) is 21.8. The molecular weight excluding hydrogens is 813 g/mol. The molecule has 10 nitrogen and oxygen atoms in total. The number of rotatable bonds is 4. The minimum absolute atomic E-state index is 0.0381. The molecule has 18 heteroatoms. The summed E-state index contributed by atoms with van der Waals surface area (Å²) in [6, 6.07) is 23.2. The van der Waals surface area contributed by atoms with E-state index in [0.717, 1.165) is 52.6 Å². The van der Waals surface area contributed by atoms with Crippen LogP contribution in [0.15, 0.2) is 93.9 Å². The van der Waals surface area contributed by atoms with Crippen LogP contribution in [0.2, 0.25) is 10.3 Å². The van der Waals surface area contributed by atoms with Crippen molar-refractivity contribution in [3.63, 3.8) is 0 Å². The number of carbonyl (C=O) groups excluding carboxylic acids is 1. The number of halogens is 2. The maximum absolute atomic E-state index is 13.5. The third-order valence-corrected chi connectivity index (χ3v) is 15.5. The molecule has 0 bridgehead atoms. The summed E-state index contributed by atoms with van der Waals surface area (Å²) < 4.78 is 39.9. The standard InChI is InChI=1S/C25H22ClN3O3S2.C10H12ClN3OS2.C2H2.B2/c26-23-12-11-16(14-27-23)22-10-5-13-34(22,31)29-24(33)28-25(30)32-15-21-19-8-3-1-6-17(19)18-7-2-4-9-20(18)21;11-9-4-3-7(6-13-9)8-2-1-5-17(8,15)14-10(12)16;2*1-2/h1-4,6-9,11-12,14,21-22H,5,10,13,15H2,(H,28,30,33);3-4,6,8H,1-2,5H2,(H2,12,16);1-2H;. The van der Waals surface area contributed by atoms with E-state index in [1.807, 2.05) is 36.4 Å². The Hall–Kier alpha value is -3.84. The molecule has 2 fully saturated rings. The molecule has 0 spiro atoms. The van der Waals surface area contributed by atoms with Crippen LogP contribution < -0.4 is 11.1 Å². The summed E-state index contributed by atoms with van der Waals surface area (Å²) in [5.41, 5.74) is 11.6. The molecule has 2 aliphatic heterocycles. The van der Waals surface area contributed by atoms with E-state index in [9.17, 15) is 13.2 Å². The van der Waals surface area contributed by atoms with Gasteiger partial charge >= 0.3 is 6.09 Å². The van der Waals surface area contributed by atoms with Crippen molar-refractivity contribution >= 4 is 98.9 Å². The number of terminal acetylenes is 1. The van der Waals surface area contributed by atoms with Crippen LogP contribution in [0, 0.1) is 12.8 Å². The summed E-state index contributed by atoms with van der Waals surface area (Å²) in [6.45, 7) is 0.164. The number of aromatic nitrogens is 2. The van der Waals surface area contributed by atoms with E-state index in [1.165, 1.54) is 0 Å². The van der Waals surface area contributed by atoms with Gasteiger partial charge in [-0.1, -0.05) is 83.9 Å². The molecule has 2 saturated heterocycles. The van der Waals surface area contributed by atoms with Gasteiger partial charge in [-0.25, -0.2) is 23.2 Å². The lowest BCUT2D eigenvalue weighted by Crippen LogP contribution is -2.30. The number of benzene rings is 2. The van der Waals surface area contributed by atoms with Crippen LogP contribution in [-0.4, -0.2) is 68.3 Å². The SMILES string of the molecule is C#C.NC(=S)N=S1(=O)CCCC1c1ccc(Cl)nc1.O=C(NC(=S)N=S1(=O)CCCC1c1ccc(Cl)nc1)OCC1c2ccccc2-c2ccccc21.[B][B]. The molecule has 3 aliphatic rings. The second-order valence-electron chi connectivity index (χ2n) is 12.2. The fourth-order valence-corrected chi connectivity index (χ4v) is 12.8. The minimum atomic E-state index is -2.69. The molecule has 4 aromatic rings. The molecule has 3 N–H and O–H groups in total. The molecule has 2 aromatic heterocycles. The van der Waals surface area contributed by atoms with Gasteiger partial charge in [-0.3, -0.25) is 5.32 Å². The van der Waals surface area contributed by atoms with Gasteiger partial charge in [0.2, 0.25) is 5.11 Å². The zero-order valence-electron chi connectivity index (χ0n) is 29.5. The van der Waals surface area contributed by atoms with Crippen molar-refractivity contribution in [2.45, 2.75) is 42.1 Å². The molecule has 1 aliphatic carbocycles. The van der Waals surface area contributed by atoms with Gasteiger partial charge in [0.25, 0.3) is 0 Å². The van der Waals surface area contributed by atoms with Gasteiger partial charge in [-0.15, -0.1) is 12.8 Å². The third-order valence-electron chi connectivity index (χ3n) is 8.97. The monoisotopic (exact) mass is 848 g/mol. The van der Waals surface area contributed by atoms with E-state index in [0.29, 0.717) is 28.2 Å². The molecule has 4 unspecified atom stereocenters. The van der Waals surface area contributed by atoms with Crippen molar-refractivity contribution in [2.75, 3.05) is 18.1 Å². The van der Waals surface area contributed by atoms with Crippen molar-refractivity contribution < 1.29 is 17.9 Å². The van der Waals surface area contributed by atoms with Crippen molar-refractivity contribution in [2.24, 2.45) is 14.5 Å². The number of hydrogen-bond acceptors (Lipinski definition) is 8. The van der Waals surface area contributed by atoms with E-state index in [4.69, 9.17) is 58.1 Å². The summed E-state index contributed by atoms with van der Waals surface area (Å²) >= 11 is 21.6. The Labute approximate surface area is 346 Å². The van der Waals surface area contributed by atoms with Crippen molar-refractivity contribution in [3.05, 3.63) is 118 Å². The average Bonchev–Trinajstić information content (AvgIpc) is 3.85. The highest BCUT2D eigenvalue weighted by molar-refractivity contribution is 7.95. The number of thiocarbonyl (C=S) groups is 2. The molecule has 1 amide bonds. The Morgan fingerprint density at radius 2 is 1.27 bits per heavy atom. The Kier molecular flexibility index (Phi) is 16.2. The summed E-state index contributed by atoms with van der Waals surface area (Å²) in [5, 5.41) is 2.65. The quantitative estimate of drug-likeness (QED) is 0.0916. The minimum Gasteiger partial charge on any atom is -0.448 e. The number of ether oxygens (including phenoxy) is 1. The highest BCUT2D eigenvalue weighted by atomic mass is 35.5. The maximum Gasteiger partial charge on any atom is 0.413 e. The number of amides is 1. The lowest BCUT2D eigenvalue weighted by molar-refractivity contribution is 0.148. The summed E-state index contributed by atoms with van der Waals surface area (Å²) in [5.74, 6) is 0.890.